The van der Waals surface area contributed by atoms with E-state index in [0.29, 0.717) is 6.42 Å². The first-order chi connectivity index (χ1) is 9.36. The predicted octanol–water partition coefficient (Wildman–Crippen LogP) is 3.29. The van der Waals surface area contributed by atoms with E-state index in [0.717, 1.165) is 17.6 Å². The quantitative estimate of drug-likeness (QED) is 0.840. The maximum Gasteiger partial charge on any atom is 0.0706 e. The van der Waals surface area contributed by atoms with Crippen LogP contribution in [-0.2, 0) is 6.42 Å². The maximum atomic E-state index is 8.62. The van der Waals surface area contributed by atoms with Crippen LogP contribution in [0.3, 0.4) is 0 Å². The molecule has 0 aliphatic carbocycles. The van der Waals surface area contributed by atoms with Crippen molar-refractivity contribution in [1.82, 2.24) is 4.98 Å². The minimum absolute atomic E-state index is 0.532. The van der Waals surface area contributed by atoms with Crippen molar-refractivity contribution < 1.29 is 0 Å². The first-order valence-corrected chi connectivity index (χ1v) is 6.88. The Hall–Kier alpha value is -2.08. The van der Waals surface area contributed by atoms with E-state index in [1.54, 1.807) is 0 Å². The van der Waals surface area contributed by atoms with Crippen molar-refractivity contribution in [2.75, 3.05) is 18.0 Å². The van der Waals surface area contributed by atoms with Crippen LogP contribution in [0.2, 0.25) is 0 Å². The van der Waals surface area contributed by atoms with Gasteiger partial charge in [0.2, 0.25) is 0 Å². The van der Waals surface area contributed by atoms with Crippen LogP contribution in [0.25, 0.3) is 10.9 Å². The summed E-state index contributed by atoms with van der Waals surface area (Å²) in [5.41, 5.74) is 3.33. The second kappa shape index (κ2) is 5.27. The molecule has 0 N–H and O–H groups in total. The van der Waals surface area contributed by atoms with E-state index in [1.165, 1.54) is 37.0 Å². The van der Waals surface area contributed by atoms with Gasteiger partial charge in [-0.2, -0.15) is 5.26 Å². The topological polar surface area (TPSA) is 39.9 Å². The number of aryl methyl sites for hydroxylation is 1. The van der Waals surface area contributed by atoms with Crippen LogP contribution in [0.15, 0.2) is 30.3 Å². The second-order valence-electron chi connectivity index (χ2n) is 5.03. The highest BCUT2D eigenvalue weighted by atomic mass is 15.1. The average molecular weight is 251 g/mol. The maximum absolute atomic E-state index is 8.62. The molecular weight excluding hydrogens is 234 g/mol. The molecule has 0 bridgehead atoms. The second-order valence-corrected chi connectivity index (χ2v) is 5.03. The average Bonchev–Trinajstić information content (AvgIpc) is 2.98. The molecule has 0 amide bonds. The molecule has 0 saturated carbocycles. The number of fused-ring (bicyclic) bond motifs is 1. The molecule has 2 heterocycles. The minimum Gasteiger partial charge on any atom is -0.372 e. The van der Waals surface area contributed by atoms with Crippen molar-refractivity contribution >= 4 is 16.6 Å². The zero-order valence-corrected chi connectivity index (χ0v) is 11.0. The molecule has 2 aromatic rings. The number of hydrogen-bond donors (Lipinski definition) is 0. The van der Waals surface area contributed by atoms with Crippen LogP contribution < -0.4 is 4.90 Å². The Balaban J connectivity index is 1.89. The van der Waals surface area contributed by atoms with Gasteiger partial charge in [-0.3, -0.25) is 4.98 Å². The van der Waals surface area contributed by atoms with E-state index in [4.69, 9.17) is 5.26 Å². The number of nitriles is 1. The zero-order chi connectivity index (χ0) is 13.1. The summed E-state index contributed by atoms with van der Waals surface area (Å²) >= 11 is 0. The van der Waals surface area contributed by atoms with Gasteiger partial charge in [-0.25, -0.2) is 0 Å². The number of hydrogen-bond acceptors (Lipinski definition) is 3. The molecule has 1 aromatic heterocycles. The number of nitrogens with zero attached hydrogens (tertiary/aromatic N) is 3. The highest BCUT2D eigenvalue weighted by Crippen LogP contribution is 2.24. The largest absolute Gasteiger partial charge is 0.372 e. The van der Waals surface area contributed by atoms with E-state index in [1.807, 2.05) is 6.07 Å². The molecular formula is C16H17N3. The highest BCUT2D eigenvalue weighted by Gasteiger charge is 2.12. The van der Waals surface area contributed by atoms with Crippen LogP contribution >= 0.6 is 0 Å². The molecule has 3 heteroatoms. The number of rotatable bonds is 3. The summed E-state index contributed by atoms with van der Waals surface area (Å²) in [6, 6.07) is 12.8. The molecule has 0 spiro atoms. The van der Waals surface area contributed by atoms with Crippen LogP contribution in [0, 0.1) is 11.3 Å². The summed E-state index contributed by atoms with van der Waals surface area (Å²) in [6.07, 6.45) is 3.86. The summed E-state index contributed by atoms with van der Waals surface area (Å²) in [5.74, 6) is 0. The van der Waals surface area contributed by atoms with Crippen molar-refractivity contribution in [2.45, 2.75) is 25.7 Å². The van der Waals surface area contributed by atoms with Gasteiger partial charge >= 0.3 is 0 Å². The predicted molar refractivity (Wildman–Crippen MR) is 77.1 cm³/mol. The fourth-order valence-electron chi connectivity index (χ4n) is 2.65. The highest BCUT2D eigenvalue weighted by molar-refractivity contribution is 5.82. The van der Waals surface area contributed by atoms with Crippen LogP contribution in [0.4, 0.5) is 5.69 Å². The third-order valence-corrected chi connectivity index (χ3v) is 3.69. The van der Waals surface area contributed by atoms with E-state index >= 15 is 0 Å². The lowest BCUT2D eigenvalue weighted by Gasteiger charge is -2.17. The van der Waals surface area contributed by atoms with Crippen LogP contribution in [0.1, 0.15) is 25.0 Å². The van der Waals surface area contributed by atoms with Crippen molar-refractivity contribution in [3.8, 4) is 6.07 Å². The molecule has 3 nitrogen and oxygen atoms in total. The summed E-state index contributed by atoms with van der Waals surface area (Å²) in [5, 5.41) is 9.80. The van der Waals surface area contributed by atoms with Gasteiger partial charge in [0, 0.05) is 42.7 Å². The number of aromatic nitrogens is 1. The van der Waals surface area contributed by atoms with Gasteiger partial charge in [0.05, 0.1) is 11.6 Å². The van der Waals surface area contributed by atoms with Crippen molar-refractivity contribution in [3.63, 3.8) is 0 Å². The standard InChI is InChI=1S/C16H17N3/c17-9-3-4-14-6-5-13-12-15(7-8-16(13)18-14)19-10-1-2-11-19/h5-8,12H,1-4,10-11H2. The molecule has 0 unspecified atom stereocenters. The molecule has 0 radical (unpaired) electrons. The van der Waals surface area contributed by atoms with E-state index in [9.17, 15) is 0 Å². The van der Waals surface area contributed by atoms with Crippen LogP contribution in [-0.4, -0.2) is 18.1 Å². The molecule has 3 rings (SSSR count). The molecule has 1 aliphatic rings. The van der Waals surface area contributed by atoms with Crippen molar-refractivity contribution in [2.24, 2.45) is 0 Å². The lowest BCUT2D eigenvalue weighted by atomic mass is 10.1. The SMILES string of the molecule is N#CCCc1ccc2cc(N3CCCC3)ccc2n1. The van der Waals surface area contributed by atoms with Gasteiger partial charge in [-0.05, 0) is 37.1 Å². The van der Waals surface area contributed by atoms with E-state index < -0.39 is 0 Å². The molecule has 19 heavy (non-hydrogen) atoms. The molecule has 1 aromatic carbocycles. The van der Waals surface area contributed by atoms with Crippen LogP contribution in [0.5, 0.6) is 0 Å². The Kier molecular flexibility index (Phi) is 3.33. The summed E-state index contributed by atoms with van der Waals surface area (Å²) in [6.45, 7) is 2.33. The van der Waals surface area contributed by atoms with Gasteiger partial charge in [0.25, 0.3) is 0 Å². The number of benzene rings is 1. The number of anilines is 1. The van der Waals surface area contributed by atoms with Gasteiger partial charge in [0.1, 0.15) is 0 Å². The Morgan fingerprint density at radius 3 is 2.79 bits per heavy atom. The normalized spacial score (nSPS) is 14.8. The fraction of sp³-hybridized carbons (Fsp3) is 0.375. The smallest absolute Gasteiger partial charge is 0.0706 e. The monoisotopic (exact) mass is 251 g/mol. The molecule has 1 saturated heterocycles. The third-order valence-electron chi connectivity index (χ3n) is 3.69. The lowest BCUT2D eigenvalue weighted by molar-refractivity contribution is 0.949. The molecule has 1 fully saturated rings. The minimum atomic E-state index is 0.532. The van der Waals surface area contributed by atoms with Gasteiger partial charge < -0.3 is 4.90 Å². The van der Waals surface area contributed by atoms with Crippen molar-refractivity contribution in [3.05, 3.63) is 36.0 Å². The van der Waals surface area contributed by atoms with Crippen molar-refractivity contribution in [1.29, 1.82) is 5.26 Å². The Bertz CT molecular complexity index is 621. The summed E-state index contributed by atoms with van der Waals surface area (Å²) < 4.78 is 0. The van der Waals surface area contributed by atoms with Gasteiger partial charge in [0.15, 0.2) is 0 Å². The Morgan fingerprint density at radius 1 is 1.16 bits per heavy atom. The Labute approximate surface area is 113 Å². The molecule has 96 valence electrons. The summed E-state index contributed by atoms with van der Waals surface area (Å²) in [4.78, 5) is 7.04. The van der Waals surface area contributed by atoms with E-state index in [-0.39, 0.29) is 0 Å². The zero-order valence-electron chi connectivity index (χ0n) is 11.0. The van der Waals surface area contributed by atoms with Gasteiger partial charge in [-0.1, -0.05) is 6.07 Å². The third kappa shape index (κ3) is 2.53. The lowest BCUT2D eigenvalue weighted by Crippen LogP contribution is -2.17. The number of pyridine rings is 1. The van der Waals surface area contributed by atoms with E-state index in [2.05, 4.69) is 40.2 Å². The Morgan fingerprint density at radius 2 is 2.00 bits per heavy atom. The molecule has 0 atom stereocenters. The fourth-order valence-corrected chi connectivity index (χ4v) is 2.65. The first kappa shape index (κ1) is 12.0. The summed E-state index contributed by atoms with van der Waals surface area (Å²) in [7, 11) is 0. The molecule has 1 aliphatic heterocycles. The van der Waals surface area contributed by atoms with Gasteiger partial charge in [-0.15, -0.1) is 0 Å². The first-order valence-electron chi connectivity index (χ1n) is 6.88.